The number of H-pyrrole nitrogens is 2. The van der Waals surface area contributed by atoms with Gasteiger partial charge in [0, 0.05) is 24.5 Å². The number of carbonyl (C=O) groups excluding carboxylic acids is 1. The monoisotopic (exact) mass is 219 g/mol. The summed E-state index contributed by atoms with van der Waals surface area (Å²) in [4.78, 5) is 28.3. The second-order valence-electron chi connectivity index (χ2n) is 3.09. The normalized spacial score (nSPS) is 10.0. The van der Waals surface area contributed by atoms with Crippen LogP contribution in [0.3, 0.4) is 0 Å². The lowest BCUT2D eigenvalue weighted by molar-refractivity contribution is 0.0945. The highest BCUT2D eigenvalue weighted by Crippen LogP contribution is 1.94. The van der Waals surface area contributed by atoms with Crippen LogP contribution in [0.4, 0.5) is 0 Å². The summed E-state index contributed by atoms with van der Waals surface area (Å²) in [6.07, 6.45) is 5.63. The zero-order valence-electron chi connectivity index (χ0n) is 8.23. The summed E-state index contributed by atoms with van der Waals surface area (Å²) in [5, 5.41) is 9.02. The maximum atomic E-state index is 11.5. The van der Waals surface area contributed by atoms with Crippen molar-refractivity contribution in [3.8, 4) is 0 Å². The molecule has 7 nitrogen and oxygen atoms in total. The van der Waals surface area contributed by atoms with Gasteiger partial charge in [0.05, 0.1) is 12.4 Å². The van der Waals surface area contributed by atoms with Crippen molar-refractivity contribution in [2.24, 2.45) is 0 Å². The third-order valence-electron chi connectivity index (χ3n) is 1.91. The number of hydrogen-bond donors (Lipinski definition) is 3. The highest BCUT2D eigenvalue weighted by molar-refractivity contribution is 5.91. The SMILES string of the molecule is O=C(NCc1cn[nH]c1)c1c[nH]c(=O)cn1. The molecule has 0 aliphatic rings. The van der Waals surface area contributed by atoms with Crippen LogP contribution in [0, 0.1) is 0 Å². The Morgan fingerprint density at radius 1 is 1.38 bits per heavy atom. The van der Waals surface area contributed by atoms with Crippen molar-refractivity contribution in [1.82, 2.24) is 25.5 Å². The summed E-state index contributed by atoms with van der Waals surface area (Å²) in [5.41, 5.74) is 0.687. The summed E-state index contributed by atoms with van der Waals surface area (Å²) in [5.74, 6) is -0.350. The van der Waals surface area contributed by atoms with E-state index in [0.29, 0.717) is 6.54 Å². The first kappa shape index (κ1) is 10.1. The van der Waals surface area contributed by atoms with Crippen molar-refractivity contribution in [2.75, 3.05) is 0 Å². The average molecular weight is 219 g/mol. The van der Waals surface area contributed by atoms with Crippen LogP contribution in [0.15, 0.2) is 29.6 Å². The van der Waals surface area contributed by atoms with E-state index in [1.807, 2.05) is 0 Å². The summed E-state index contributed by atoms with van der Waals surface area (Å²) in [6, 6.07) is 0. The predicted octanol–water partition coefficient (Wildman–Crippen LogP) is -0.577. The Morgan fingerprint density at radius 2 is 2.25 bits per heavy atom. The maximum absolute atomic E-state index is 11.5. The van der Waals surface area contributed by atoms with Gasteiger partial charge in [0.1, 0.15) is 5.69 Å². The Kier molecular flexibility index (Phi) is 2.77. The van der Waals surface area contributed by atoms with E-state index in [9.17, 15) is 9.59 Å². The van der Waals surface area contributed by atoms with Gasteiger partial charge in [-0.3, -0.25) is 14.7 Å². The van der Waals surface area contributed by atoms with Gasteiger partial charge in [0.15, 0.2) is 0 Å². The molecule has 16 heavy (non-hydrogen) atoms. The molecule has 0 unspecified atom stereocenters. The van der Waals surface area contributed by atoms with E-state index in [1.54, 1.807) is 12.4 Å². The van der Waals surface area contributed by atoms with Crippen LogP contribution in [-0.4, -0.2) is 26.1 Å². The topological polar surface area (TPSA) is 104 Å². The van der Waals surface area contributed by atoms with Crippen LogP contribution in [0.1, 0.15) is 16.1 Å². The highest BCUT2D eigenvalue weighted by atomic mass is 16.2. The fourth-order valence-electron chi connectivity index (χ4n) is 1.11. The molecule has 2 rings (SSSR count). The molecule has 1 amide bonds. The Bertz CT molecular complexity index is 511. The summed E-state index contributed by atoms with van der Waals surface area (Å²) >= 11 is 0. The van der Waals surface area contributed by atoms with Crippen molar-refractivity contribution in [3.05, 3.63) is 46.4 Å². The number of aromatic nitrogens is 4. The molecule has 0 bridgehead atoms. The average Bonchev–Trinajstić information content (AvgIpc) is 2.80. The van der Waals surface area contributed by atoms with Gasteiger partial charge in [-0.1, -0.05) is 0 Å². The summed E-state index contributed by atoms with van der Waals surface area (Å²) < 4.78 is 0. The first-order valence-electron chi connectivity index (χ1n) is 4.56. The van der Waals surface area contributed by atoms with Crippen LogP contribution >= 0.6 is 0 Å². The molecule has 0 saturated heterocycles. The molecule has 2 heterocycles. The van der Waals surface area contributed by atoms with Crippen molar-refractivity contribution >= 4 is 5.91 Å². The van der Waals surface area contributed by atoms with Crippen LogP contribution in [0.2, 0.25) is 0 Å². The molecule has 0 atom stereocenters. The third-order valence-corrected chi connectivity index (χ3v) is 1.91. The number of aromatic amines is 2. The minimum atomic E-state index is -0.350. The van der Waals surface area contributed by atoms with E-state index in [2.05, 4.69) is 25.5 Å². The number of amides is 1. The second-order valence-corrected chi connectivity index (χ2v) is 3.09. The number of hydrogen-bond acceptors (Lipinski definition) is 4. The van der Waals surface area contributed by atoms with E-state index < -0.39 is 0 Å². The van der Waals surface area contributed by atoms with Gasteiger partial charge in [-0.15, -0.1) is 0 Å². The minimum Gasteiger partial charge on any atom is -0.346 e. The van der Waals surface area contributed by atoms with Crippen molar-refractivity contribution < 1.29 is 4.79 Å². The fraction of sp³-hybridized carbons (Fsp3) is 0.111. The molecular formula is C9H9N5O2. The standard InChI is InChI=1S/C9H9N5O2/c15-8-5-10-7(4-11-8)9(16)12-1-6-2-13-14-3-6/h2-5H,1H2,(H,11,15)(H,12,16)(H,13,14). The molecule has 0 radical (unpaired) electrons. The lowest BCUT2D eigenvalue weighted by Gasteiger charge is -2.01. The van der Waals surface area contributed by atoms with Crippen LogP contribution in [0.25, 0.3) is 0 Å². The van der Waals surface area contributed by atoms with Gasteiger partial charge in [0.2, 0.25) is 0 Å². The molecule has 2 aromatic heterocycles. The van der Waals surface area contributed by atoms with E-state index in [4.69, 9.17) is 0 Å². The van der Waals surface area contributed by atoms with Gasteiger partial charge in [0.25, 0.3) is 11.5 Å². The van der Waals surface area contributed by atoms with Gasteiger partial charge in [-0.2, -0.15) is 5.10 Å². The Morgan fingerprint density at radius 3 is 2.88 bits per heavy atom. The lowest BCUT2D eigenvalue weighted by atomic mass is 10.3. The first-order valence-corrected chi connectivity index (χ1v) is 4.56. The molecule has 0 aromatic carbocycles. The molecular weight excluding hydrogens is 210 g/mol. The van der Waals surface area contributed by atoms with Gasteiger partial charge < -0.3 is 10.3 Å². The number of nitrogens with one attached hydrogen (secondary N) is 3. The number of carbonyl (C=O) groups is 1. The van der Waals surface area contributed by atoms with Crippen LogP contribution in [0.5, 0.6) is 0 Å². The molecule has 0 spiro atoms. The molecule has 7 heteroatoms. The lowest BCUT2D eigenvalue weighted by Crippen LogP contribution is -2.24. The number of rotatable bonds is 3. The second kappa shape index (κ2) is 4.39. The summed E-state index contributed by atoms with van der Waals surface area (Å²) in [7, 11) is 0. The van der Waals surface area contributed by atoms with Crippen LogP contribution in [-0.2, 0) is 6.54 Å². The fourth-order valence-corrected chi connectivity index (χ4v) is 1.11. The Hall–Kier alpha value is -2.44. The van der Waals surface area contributed by atoms with Gasteiger partial charge >= 0.3 is 0 Å². The van der Waals surface area contributed by atoms with E-state index >= 15 is 0 Å². The number of nitrogens with zero attached hydrogens (tertiary/aromatic N) is 2. The van der Waals surface area contributed by atoms with Crippen LogP contribution < -0.4 is 10.9 Å². The zero-order chi connectivity index (χ0) is 11.4. The van der Waals surface area contributed by atoms with E-state index in [-0.39, 0.29) is 17.2 Å². The van der Waals surface area contributed by atoms with Crippen molar-refractivity contribution in [2.45, 2.75) is 6.54 Å². The van der Waals surface area contributed by atoms with Gasteiger partial charge in [-0.05, 0) is 0 Å². The highest BCUT2D eigenvalue weighted by Gasteiger charge is 2.06. The minimum absolute atomic E-state index is 0.170. The maximum Gasteiger partial charge on any atom is 0.271 e. The third kappa shape index (κ3) is 2.32. The van der Waals surface area contributed by atoms with Gasteiger partial charge in [-0.25, -0.2) is 4.98 Å². The first-order chi connectivity index (χ1) is 7.75. The molecule has 2 aromatic rings. The molecule has 3 N–H and O–H groups in total. The Labute approximate surface area is 89.9 Å². The molecule has 0 fully saturated rings. The Balaban J connectivity index is 1.98. The zero-order valence-corrected chi connectivity index (χ0v) is 8.23. The molecule has 0 saturated carbocycles. The summed E-state index contributed by atoms with van der Waals surface area (Å²) in [6.45, 7) is 0.357. The molecule has 82 valence electrons. The van der Waals surface area contributed by atoms with Crippen molar-refractivity contribution in [3.63, 3.8) is 0 Å². The largest absolute Gasteiger partial charge is 0.346 e. The van der Waals surface area contributed by atoms with E-state index in [0.717, 1.165) is 11.8 Å². The quantitative estimate of drug-likeness (QED) is 0.642. The smallest absolute Gasteiger partial charge is 0.271 e. The molecule has 0 aliphatic heterocycles. The molecule has 0 aliphatic carbocycles. The predicted molar refractivity (Wildman–Crippen MR) is 54.6 cm³/mol. The van der Waals surface area contributed by atoms with E-state index in [1.165, 1.54) is 6.20 Å². The van der Waals surface area contributed by atoms with Crippen molar-refractivity contribution in [1.29, 1.82) is 0 Å².